The van der Waals surface area contributed by atoms with Crippen molar-refractivity contribution in [3.8, 4) is 17.2 Å². The minimum atomic E-state index is 0. The summed E-state index contributed by atoms with van der Waals surface area (Å²) in [5, 5.41) is 9.64. The highest BCUT2D eigenvalue weighted by Crippen LogP contribution is 2.34. The van der Waals surface area contributed by atoms with Crippen molar-refractivity contribution in [3.05, 3.63) is 34.3 Å². The van der Waals surface area contributed by atoms with Crippen molar-refractivity contribution in [1.29, 1.82) is 0 Å². The van der Waals surface area contributed by atoms with E-state index >= 15 is 0 Å². The summed E-state index contributed by atoms with van der Waals surface area (Å²) in [4.78, 5) is 9.21. The highest BCUT2D eigenvalue weighted by atomic mass is 127. The van der Waals surface area contributed by atoms with Crippen LogP contribution in [0.1, 0.15) is 37.4 Å². The zero-order chi connectivity index (χ0) is 19.1. The molecule has 1 aromatic carbocycles. The van der Waals surface area contributed by atoms with Gasteiger partial charge in [-0.3, -0.25) is 0 Å². The molecule has 0 spiro atoms. The zero-order valence-electron chi connectivity index (χ0n) is 16.4. The Kier molecular flexibility index (Phi) is 9.10. The lowest BCUT2D eigenvalue weighted by atomic mass is 10.2. The van der Waals surface area contributed by atoms with E-state index in [1.54, 1.807) is 11.3 Å². The SMILES string of the molecule is CCNC(=NCc1nc(C(C)C)cs1)NCCOc1ccc2c(c1)OCO2.I. The lowest BCUT2D eigenvalue weighted by molar-refractivity contribution is 0.173. The third-order valence-electron chi connectivity index (χ3n) is 3.88. The van der Waals surface area contributed by atoms with Crippen LogP contribution in [-0.4, -0.2) is 37.4 Å². The summed E-state index contributed by atoms with van der Waals surface area (Å²) in [6.45, 7) is 9.11. The maximum absolute atomic E-state index is 5.76. The van der Waals surface area contributed by atoms with Crippen molar-refractivity contribution in [2.75, 3.05) is 26.5 Å². The van der Waals surface area contributed by atoms with Crippen LogP contribution in [-0.2, 0) is 6.54 Å². The first-order valence-electron chi connectivity index (χ1n) is 9.14. The minimum Gasteiger partial charge on any atom is -0.492 e. The van der Waals surface area contributed by atoms with Crippen LogP contribution in [0.2, 0.25) is 0 Å². The highest BCUT2D eigenvalue weighted by Gasteiger charge is 2.13. The van der Waals surface area contributed by atoms with Crippen molar-refractivity contribution in [2.45, 2.75) is 33.2 Å². The first kappa shape index (κ1) is 22.5. The molecule has 2 aromatic rings. The molecule has 2 heterocycles. The molecule has 1 aromatic heterocycles. The average molecular weight is 518 g/mol. The van der Waals surface area contributed by atoms with Crippen molar-refractivity contribution >= 4 is 41.3 Å². The van der Waals surface area contributed by atoms with Crippen LogP contribution in [0, 0.1) is 0 Å². The number of benzene rings is 1. The lowest BCUT2D eigenvalue weighted by Gasteiger charge is -2.12. The van der Waals surface area contributed by atoms with Gasteiger partial charge in [0.2, 0.25) is 6.79 Å². The van der Waals surface area contributed by atoms with E-state index in [1.165, 1.54) is 0 Å². The van der Waals surface area contributed by atoms with E-state index in [0.717, 1.165) is 40.5 Å². The van der Waals surface area contributed by atoms with E-state index in [4.69, 9.17) is 14.2 Å². The van der Waals surface area contributed by atoms with E-state index in [0.29, 0.717) is 25.6 Å². The number of hydrogen-bond acceptors (Lipinski definition) is 6. The topological polar surface area (TPSA) is 77.0 Å². The first-order chi connectivity index (χ1) is 13.2. The van der Waals surface area contributed by atoms with E-state index in [2.05, 4.69) is 39.8 Å². The van der Waals surface area contributed by atoms with Crippen LogP contribution >= 0.6 is 35.3 Å². The van der Waals surface area contributed by atoms with E-state index in [9.17, 15) is 0 Å². The zero-order valence-corrected chi connectivity index (χ0v) is 19.5. The number of hydrogen-bond donors (Lipinski definition) is 2. The second-order valence-electron chi connectivity index (χ2n) is 6.31. The van der Waals surface area contributed by atoms with Crippen LogP contribution in [0.25, 0.3) is 0 Å². The van der Waals surface area contributed by atoms with Gasteiger partial charge < -0.3 is 24.8 Å². The molecule has 28 heavy (non-hydrogen) atoms. The number of halogens is 1. The van der Waals surface area contributed by atoms with Gasteiger partial charge in [0, 0.05) is 18.0 Å². The summed E-state index contributed by atoms with van der Waals surface area (Å²) in [5.74, 6) is 3.43. The Morgan fingerprint density at radius 2 is 2.11 bits per heavy atom. The van der Waals surface area contributed by atoms with E-state index < -0.39 is 0 Å². The number of fused-ring (bicyclic) bond motifs is 1. The summed E-state index contributed by atoms with van der Waals surface area (Å²) in [6, 6.07) is 5.58. The predicted molar refractivity (Wildman–Crippen MR) is 122 cm³/mol. The lowest BCUT2D eigenvalue weighted by Crippen LogP contribution is -2.39. The molecule has 0 bridgehead atoms. The Morgan fingerprint density at radius 3 is 2.86 bits per heavy atom. The van der Waals surface area contributed by atoms with Crippen molar-refractivity contribution < 1.29 is 14.2 Å². The predicted octanol–water partition coefficient (Wildman–Crippen LogP) is 3.75. The van der Waals surface area contributed by atoms with E-state index in [-0.39, 0.29) is 30.8 Å². The number of guanidine groups is 1. The summed E-state index contributed by atoms with van der Waals surface area (Å²) in [5.41, 5.74) is 1.13. The third kappa shape index (κ3) is 6.40. The molecule has 0 amide bonds. The molecule has 1 aliphatic heterocycles. The van der Waals surface area contributed by atoms with Gasteiger partial charge in [-0.2, -0.15) is 0 Å². The van der Waals surface area contributed by atoms with Gasteiger partial charge in [-0.15, -0.1) is 35.3 Å². The summed E-state index contributed by atoms with van der Waals surface area (Å²) >= 11 is 1.65. The monoisotopic (exact) mass is 518 g/mol. The number of aliphatic imine (C=N–C) groups is 1. The van der Waals surface area contributed by atoms with E-state index in [1.807, 2.05) is 25.1 Å². The van der Waals surface area contributed by atoms with Gasteiger partial charge in [0.1, 0.15) is 17.4 Å². The molecule has 7 nitrogen and oxygen atoms in total. The molecule has 154 valence electrons. The molecule has 0 unspecified atom stereocenters. The number of nitrogens with one attached hydrogen (secondary N) is 2. The smallest absolute Gasteiger partial charge is 0.231 e. The Morgan fingerprint density at radius 1 is 1.29 bits per heavy atom. The Hall–Kier alpha value is -1.75. The van der Waals surface area contributed by atoms with Crippen LogP contribution in [0.4, 0.5) is 0 Å². The molecule has 9 heteroatoms. The molecule has 0 fully saturated rings. The van der Waals surface area contributed by atoms with Gasteiger partial charge in [-0.1, -0.05) is 13.8 Å². The molecule has 0 aliphatic carbocycles. The maximum atomic E-state index is 5.76. The van der Waals surface area contributed by atoms with Gasteiger partial charge in [0.05, 0.1) is 18.8 Å². The van der Waals surface area contributed by atoms with Gasteiger partial charge in [0.25, 0.3) is 0 Å². The summed E-state index contributed by atoms with van der Waals surface area (Å²) in [7, 11) is 0. The molecule has 3 rings (SSSR count). The Labute approximate surface area is 186 Å². The van der Waals surface area contributed by atoms with Gasteiger partial charge in [-0.25, -0.2) is 9.98 Å². The molecule has 0 saturated heterocycles. The average Bonchev–Trinajstić information content (AvgIpc) is 3.31. The van der Waals surface area contributed by atoms with Gasteiger partial charge in [-0.05, 0) is 25.0 Å². The fourth-order valence-electron chi connectivity index (χ4n) is 2.46. The Bertz CT molecular complexity index is 782. The summed E-state index contributed by atoms with van der Waals surface area (Å²) < 4.78 is 16.4. The molecule has 0 radical (unpaired) electrons. The standard InChI is InChI=1S/C19H26N4O3S.HI/c1-4-20-19(22-10-18-23-15(11-27-18)13(2)3)21-7-8-24-14-5-6-16-17(9-14)26-12-25-16;/h5-6,9,11,13H,4,7-8,10,12H2,1-3H3,(H2,20,21,22);1H. The van der Waals surface area contributed by atoms with Crippen molar-refractivity contribution in [2.24, 2.45) is 4.99 Å². The number of rotatable bonds is 8. The maximum Gasteiger partial charge on any atom is 0.231 e. The fourth-order valence-corrected chi connectivity index (χ4v) is 3.34. The number of ether oxygens (including phenoxy) is 3. The second kappa shape index (κ2) is 11.3. The molecule has 2 N–H and O–H groups in total. The first-order valence-corrected chi connectivity index (χ1v) is 10.0. The molecular formula is C19H27IN4O3S. The number of aromatic nitrogens is 1. The number of nitrogens with zero attached hydrogens (tertiary/aromatic N) is 2. The minimum absolute atomic E-state index is 0. The quantitative estimate of drug-likeness (QED) is 0.240. The largest absolute Gasteiger partial charge is 0.492 e. The van der Waals surface area contributed by atoms with Crippen LogP contribution in [0.15, 0.2) is 28.6 Å². The van der Waals surface area contributed by atoms with Crippen LogP contribution in [0.5, 0.6) is 17.2 Å². The molecule has 0 saturated carbocycles. The third-order valence-corrected chi connectivity index (χ3v) is 4.74. The van der Waals surface area contributed by atoms with Crippen LogP contribution in [0.3, 0.4) is 0 Å². The fraction of sp³-hybridized carbons (Fsp3) is 0.474. The summed E-state index contributed by atoms with van der Waals surface area (Å²) in [6.07, 6.45) is 0. The number of thiazole rings is 1. The van der Waals surface area contributed by atoms with Gasteiger partial charge >= 0.3 is 0 Å². The molecule has 1 aliphatic rings. The highest BCUT2D eigenvalue weighted by molar-refractivity contribution is 14.0. The second-order valence-corrected chi connectivity index (χ2v) is 7.25. The molecule has 0 atom stereocenters. The van der Waals surface area contributed by atoms with Crippen LogP contribution < -0.4 is 24.8 Å². The van der Waals surface area contributed by atoms with Gasteiger partial charge in [0.15, 0.2) is 17.5 Å². The normalized spacial score (nSPS) is 12.6. The van der Waals surface area contributed by atoms with Crippen molar-refractivity contribution in [1.82, 2.24) is 15.6 Å². The molecular weight excluding hydrogens is 491 g/mol. The Balaban J connectivity index is 0.00000280. The van der Waals surface area contributed by atoms with Crippen molar-refractivity contribution in [3.63, 3.8) is 0 Å².